The van der Waals surface area contributed by atoms with Crippen LogP contribution in [0.1, 0.15) is 26.2 Å². The lowest BCUT2D eigenvalue weighted by atomic mass is 10.2. The molecule has 12 heavy (non-hydrogen) atoms. The number of hydrogen-bond acceptors (Lipinski definition) is 2. The number of halogens is 1. The average Bonchev–Trinajstić information content (AvgIpc) is 2.01. The van der Waals surface area contributed by atoms with Gasteiger partial charge in [0.1, 0.15) is 0 Å². The molecule has 2 nitrogen and oxygen atoms in total. The predicted octanol–water partition coefficient (Wildman–Crippen LogP) is 2.60. The first-order valence-corrected chi connectivity index (χ1v) is 5.69. The summed E-state index contributed by atoms with van der Waals surface area (Å²) in [5.74, 6) is 1.37. The van der Waals surface area contributed by atoms with E-state index in [1.165, 1.54) is 0 Å². The molecule has 0 aliphatic carbocycles. The lowest BCUT2D eigenvalue weighted by Gasteiger charge is -2.05. The van der Waals surface area contributed by atoms with Crippen molar-refractivity contribution in [2.24, 2.45) is 0 Å². The highest BCUT2D eigenvalue weighted by molar-refractivity contribution is 7.99. The molecule has 0 saturated carbocycles. The van der Waals surface area contributed by atoms with Gasteiger partial charge in [0.25, 0.3) is 0 Å². The summed E-state index contributed by atoms with van der Waals surface area (Å²) in [6, 6.07) is 0. The Morgan fingerprint density at radius 2 is 2.25 bits per heavy atom. The standard InChI is InChI=1S/C8H15ClO2S/c1-2-12-6-5-7(9)3-4-8(10)11/h7H,2-6H2,1H3,(H,10,11). The van der Waals surface area contributed by atoms with Gasteiger partial charge in [0, 0.05) is 11.8 Å². The number of aliphatic carboxylic acids is 1. The van der Waals surface area contributed by atoms with Gasteiger partial charge in [0.15, 0.2) is 0 Å². The maximum atomic E-state index is 10.2. The van der Waals surface area contributed by atoms with E-state index in [1.54, 1.807) is 0 Å². The molecule has 0 rings (SSSR count). The van der Waals surface area contributed by atoms with Crippen molar-refractivity contribution >= 4 is 29.3 Å². The van der Waals surface area contributed by atoms with Crippen molar-refractivity contribution in [1.82, 2.24) is 0 Å². The zero-order chi connectivity index (χ0) is 9.40. The van der Waals surface area contributed by atoms with E-state index in [9.17, 15) is 4.79 Å². The average molecular weight is 211 g/mol. The number of rotatable bonds is 7. The lowest BCUT2D eigenvalue weighted by Crippen LogP contribution is -2.04. The molecular formula is C8H15ClO2S. The van der Waals surface area contributed by atoms with Crippen molar-refractivity contribution in [2.45, 2.75) is 31.6 Å². The molecule has 0 aromatic rings. The number of carboxylic acid groups (broad SMARTS) is 1. The van der Waals surface area contributed by atoms with Crippen LogP contribution in [0.5, 0.6) is 0 Å². The Kier molecular flexibility index (Phi) is 7.81. The summed E-state index contributed by atoms with van der Waals surface area (Å²) in [7, 11) is 0. The predicted molar refractivity (Wildman–Crippen MR) is 54.1 cm³/mol. The minimum Gasteiger partial charge on any atom is -0.481 e. The first-order valence-electron chi connectivity index (χ1n) is 4.10. The molecule has 0 spiro atoms. The molecule has 0 aliphatic heterocycles. The van der Waals surface area contributed by atoms with Crippen molar-refractivity contribution < 1.29 is 9.90 Å². The van der Waals surface area contributed by atoms with Crippen molar-refractivity contribution in [2.75, 3.05) is 11.5 Å². The minimum absolute atomic E-state index is 0.0279. The number of thioether (sulfide) groups is 1. The van der Waals surface area contributed by atoms with Gasteiger partial charge in [-0.15, -0.1) is 11.6 Å². The highest BCUT2D eigenvalue weighted by Gasteiger charge is 2.06. The third kappa shape index (κ3) is 8.21. The maximum absolute atomic E-state index is 10.2. The summed E-state index contributed by atoms with van der Waals surface area (Å²) in [6.07, 6.45) is 1.68. The smallest absolute Gasteiger partial charge is 0.303 e. The number of carboxylic acids is 1. The van der Waals surface area contributed by atoms with Gasteiger partial charge in [-0.05, 0) is 24.3 Å². The molecule has 0 amide bonds. The Morgan fingerprint density at radius 3 is 2.75 bits per heavy atom. The second-order valence-electron chi connectivity index (χ2n) is 2.52. The van der Waals surface area contributed by atoms with Gasteiger partial charge < -0.3 is 5.11 Å². The highest BCUT2D eigenvalue weighted by Crippen LogP contribution is 2.13. The van der Waals surface area contributed by atoms with Crippen molar-refractivity contribution in [3.05, 3.63) is 0 Å². The summed E-state index contributed by atoms with van der Waals surface area (Å²) in [6.45, 7) is 2.10. The van der Waals surface area contributed by atoms with E-state index in [0.717, 1.165) is 17.9 Å². The van der Waals surface area contributed by atoms with E-state index in [4.69, 9.17) is 16.7 Å². The molecule has 0 fully saturated rings. The van der Waals surface area contributed by atoms with Crippen molar-refractivity contribution in [3.8, 4) is 0 Å². The molecule has 0 bridgehead atoms. The number of alkyl halides is 1. The van der Waals surface area contributed by atoms with Gasteiger partial charge in [-0.3, -0.25) is 4.79 Å². The third-order valence-electron chi connectivity index (χ3n) is 1.45. The van der Waals surface area contributed by atoms with Gasteiger partial charge in [-0.25, -0.2) is 0 Å². The van der Waals surface area contributed by atoms with E-state index >= 15 is 0 Å². The monoisotopic (exact) mass is 210 g/mol. The van der Waals surface area contributed by atoms with E-state index in [-0.39, 0.29) is 11.8 Å². The molecular weight excluding hydrogens is 196 g/mol. The molecule has 0 radical (unpaired) electrons. The van der Waals surface area contributed by atoms with Crippen LogP contribution in [0.25, 0.3) is 0 Å². The van der Waals surface area contributed by atoms with E-state index < -0.39 is 5.97 Å². The van der Waals surface area contributed by atoms with Gasteiger partial charge in [-0.1, -0.05) is 6.92 Å². The molecule has 0 aliphatic rings. The summed E-state index contributed by atoms with van der Waals surface area (Å²) in [5, 5.41) is 8.40. The maximum Gasteiger partial charge on any atom is 0.303 e. The molecule has 1 atom stereocenters. The van der Waals surface area contributed by atoms with Crippen LogP contribution in [0.3, 0.4) is 0 Å². The molecule has 0 saturated heterocycles. The summed E-state index contributed by atoms with van der Waals surface area (Å²) in [5.41, 5.74) is 0. The Bertz CT molecular complexity index is 130. The first-order chi connectivity index (χ1) is 5.66. The number of hydrogen-bond donors (Lipinski definition) is 1. The van der Waals surface area contributed by atoms with Crippen LogP contribution < -0.4 is 0 Å². The highest BCUT2D eigenvalue weighted by atomic mass is 35.5. The Balaban J connectivity index is 3.21. The summed E-state index contributed by atoms with van der Waals surface area (Å²) in [4.78, 5) is 10.2. The summed E-state index contributed by atoms with van der Waals surface area (Å²) < 4.78 is 0. The SMILES string of the molecule is CCSCCC(Cl)CCC(=O)O. The summed E-state index contributed by atoms with van der Waals surface area (Å²) >= 11 is 7.72. The van der Waals surface area contributed by atoms with Crippen LogP contribution in [-0.2, 0) is 4.79 Å². The number of carbonyl (C=O) groups is 1. The van der Waals surface area contributed by atoms with Gasteiger partial charge in [0.2, 0.25) is 0 Å². The third-order valence-corrected chi connectivity index (χ3v) is 2.82. The largest absolute Gasteiger partial charge is 0.481 e. The molecule has 0 aromatic heterocycles. The van der Waals surface area contributed by atoms with Crippen LogP contribution >= 0.6 is 23.4 Å². The quantitative estimate of drug-likeness (QED) is 0.519. The fourth-order valence-corrected chi connectivity index (χ4v) is 1.87. The van der Waals surface area contributed by atoms with Gasteiger partial charge in [0.05, 0.1) is 0 Å². The minimum atomic E-state index is -0.760. The molecule has 1 unspecified atom stereocenters. The van der Waals surface area contributed by atoms with E-state index in [1.807, 2.05) is 11.8 Å². The van der Waals surface area contributed by atoms with Gasteiger partial charge in [-0.2, -0.15) is 11.8 Å². The van der Waals surface area contributed by atoms with E-state index in [2.05, 4.69) is 6.92 Å². The molecule has 4 heteroatoms. The molecule has 0 heterocycles. The van der Waals surface area contributed by atoms with Gasteiger partial charge >= 0.3 is 5.97 Å². The molecule has 72 valence electrons. The zero-order valence-corrected chi connectivity index (χ0v) is 8.83. The zero-order valence-electron chi connectivity index (χ0n) is 7.25. The van der Waals surface area contributed by atoms with Crippen molar-refractivity contribution in [3.63, 3.8) is 0 Å². The van der Waals surface area contributed by atoms with Crippen LogP contribution in [0.15, 0.2) is 0 Å². The first kappa shape index (κ1) is 12.1. The second kappa shape index (κ2) is 7.74. The molecule has 0 aromatic carbocycles. The second-order valence-corrected chi connectivity index (χ2v) is 4.53. The van der Waals surface area contributed by atoms with Crippen LogP contribution in [0.2, 0.25) is 0 Å². The Hall–Kier alpha value is 0.110. The van der Waals surface area contributed by atoms with Crippen LogP contribution in [-0.4, -0.2) is 28.0 Å². The fraction of sp³-hybridized carbons (Fsp3) is 0.875. The molecule has 1 N–H and O–H groups in total. The topological polar surface area (TPSA) is 37.3 Å². The lowest BCUT2D eigenvalue weighted by molar-refractivity contribution is -0.137. The Morgan fingerprint density at radius 1 is 1.58 bits per heavy atom. The normalized spacial score (nSPS) is 12.8. The van der Waals surface area contributed by atoms with E-state index in [0.29, 0.717) is 6.42 Å². The fourth-order valence-electron chi connectivity index (χ4n) is 0.780. The van der Waals surface area contributed by atoms with Crippen LogP contribution in [0.4, 0.5) is 0 Å². The van der Waals surface area contributed by atoms with Crippen LogP contribution in [0, 0.1) is 0 Å². The Labute approximate surface area is 82.7 Å². The van der Waals surface area contributed by atoms with Crippen molar-refractivity contribution in [1.29, 1.82) is 0 Å².